The van der Waals surface area contributed by atoms with E-state index < -0.39 is 0 Å². The fourth-order valence-electron chi connectivity index (χ4n) is 11.2. The molecule has 6 heteroatoms. The molecule has 8 aromatic carbocycles. The van der Waals surface area contributed by atoms with E-state index in [0.29, 0.717) is 11.5 Å². The maximum Gasteiger partial charge on any atom is 0.135 e. The van der Waals surface area contributed by atoms with E-state index >= 15 is 0 Å². The maximum absolute atomic E-state index is 6.87. The summed E-state index contributed by atoms with van der Waals surface area (Å²) < 4.78 is 9.11. The number of fused-ring (bicyclic) bond motifs is 4. The first-order chi connectivity index (χ1) is 36.2. The summed E-state index contributed by atoms with van der Waals surface area (Å²) in [6, 6.07) is 75.6. The van der Waals surface area contributed by atoms with Crippen LogP contribution in [0.25, 0.3) is 27.6 Å². The summed E-state index contributed by atoms with van der Waals surface area (Å²) in [6.45, 7) is 29.8. The van der Waals surface area contributed by atoms with Crippen molar-refractivity contribution in [2.24, 2.45) is 0 Å². The fraction of sp³-hybridized carbons (Fsp3) is 0.239. The largest absolute Gasteiger partial charge is 0.509 e. The molecule has 0 N–H and O–H groups in total. The van der Waals surface area contributed by atoms with Gasteiger partial charge >= 0.3 is 0 Å². The molecule has 1 aliphatic heterocycles. The Balaban J connectivity index is 0.00000672. The molecule has 0 amide bonds. The fourth-order valence-corrected chi connectivity index (χ4v) is 11.2. The summed E-state index contributed by atoms with van der Waals surface area (Å²) in [5, 5.41) is 2.26. The normalized spacial score (nSPS) is 13.2. The first-order valence-corrected chi connectivity index (χ1v) is 26.8. The van der Waals surface area contributed by atoms with Crippen LogP contribution in [0.2, 0.25) is 0 Å². The molecule has 0 atom stereocenters. The van der Waals surface area contributed by atoms with Crippen molar-refractivity contribution in [3.05, 3.63) is 258 Å². The molecule has 0 saturated carbocycles. The quantitative estimate of drug-likeness (QED) is 0.121. The van der Waals surface area contributed by atoms with E-state index in [2.05, 4.69) is 292 Å². The molecular formula is C71H69N4OPt-3. The first-order valence-electron chi connectivity index (χ1n) is 26.8. The number of rotatable bonds is 11. The Hall–Kier alpha value is -7.20. The van der Waals surface area contributed by atoms with Crippen molar-refractivity contribution in [3.8, 4) is 17.3 Å². The molecule has 0 radical (unpaired) electrons. The predicted molar refractivity (Wildman–Crippen MR) is 317 cm³/mol. The SMILES string of the molecule is CC(C)(C)c1ccnc(-n2c3[c-]c(Oc4[c-]c(N5[CH-]N(c6cccc(C(C)(C)c7ccccc7)c6)c6cc(C(C)(C)c7ccccc7)c(C(C)(C)c7ccccc7)cc65)ccc4)ccc3c3cc(C(C)(C)C)ccc32)c1.[Pt]. The van der Waals surface area contributed by atoms with Crippen LogP contribution in [0.3, 0.4) is 0 Å². The Morgan fingerprint density at radius 3 is 1.56 bits per heavy atom. The Morgan fingerprint density at radius 1 is 0.429 bits per heavy atom. The molecular weight excluding hydrogens is 1120 g/mol. The zero-order valence-electron chi connectivity index (χ0n) is 46.6. The molecule has 0 saturated heterocycles. The maximum atomic E-state index is 6.87. The van der Waals surface area contributed by atoms with Gasteiger partial charge in [0.1, 0.15) is 5.82 Å². The minimum Gasteiger partial charge on any atom is -0.509 e. The number of hydrogen-bond donors (Lipinski definition) is 0. The number of nitrogens with zero attached hydrogens (tertiary/aromatic N) is 4. The number of anilines is 4. The molecule has 10 aromatic rings. The van der Waals surface area contributed by atoms with Gasteiger partial charge in [-0.05, 0) is 103 Å². The molecule has 5 nitrogen and oxygen atoms in total. The summed E-state index contributed by atoms with van der Waals surface area (Å²) in [6.07, 6.45) is 1.92. The molecule has 2 aromatic heterocycles. The van der Waals surface area contributed by atoms with Crippen LogP contribution in [-0.4, -0.2) is 9.55 Å². The van der Waals surface area contributed by atoms with E-state index in [4.69, 9.17) is 9.72 Å². The number of hydrogen-bond acceptors (Lipinski definition) is 4. The predicted octanol–water partition coefficient (Wildman–Crippen LogP) is 18.6. The number of aromatic nitrogens is 2. The minimum absolute atomic E-state index is 0. The summed E-state index contributed by atoms with van der Waals surface area (Å²) in [5.74, 6) is 2.04. The van der Waals surface area contributed by atoms with Gasteiger partial charge in [-0.1, -0.05) is 204 Å². The van der Waals surface area contributed by atoms with Crippen LogP contribution in [0, 0.1) is 18.8 Å². The monoisotopic (exact) mass is 1190 g/mol. The van der Waals surface area contributed by atoms with Gasteiger partial charge in [0.05, 0.1) is 0 Å². The zero-order chi connectivity index (χ0) is 53.4. The van der Waals surface area contributed by atoms with Crippen LogP contribution in [-0.2, 0) is 48.1 Å². The molecule has 0 aliphatic carbocycles. The molecule has 1 aliphatic rings. The average Bonchev–Trinajstić information content (AvgIpc) is 4.03. The van der Waals surface area contributed by atoms with Gasteiger partial charge in [0.25, 0.3) is 0 Å². The average molecular weight is 1190 g/mol. The molecule has 0 bridgehead atoms. The van der Waals surface area contributed by atoms with Gasteiger partial charge in [-0.25, -0.2) is 4.98 Å². The summed E-state index contributed by atoms with van der Waals surface area (Å²) >= 11 is 0. The Bertz CT molecular complexity index is 3770. The molecule has 392 valence electrons. The number of ether oxygens (including phenoxy) is 1. The van der Waals surface area contributed by atoms with Gasteiger partial charge in [-0.2, -0.15) is 12.1 Å². The van der Waals surface area contributed by atoms with Gasteiger partial charge in [0.15, 0.2) is 0 Å². The van der Waals surface area contributed by atoms with Crippen LogP contribution in [0.5, 0.6) is 11.5 Å². The van der Waals surface area contributed by atoms with Crippen LogP contribution >= 0.6 is 0 Å². The smallest absolute Gasteiger partial charge is 0.135 e. The van der Waals surface area contributed by atoms with E-state index in [-0.39, 0.29) is 48.1 Å². The molecule has 11 rings (SSSR count). The number of benzene rings is 8. The van der Waals surface area contributed by atoms with Gasteiger partial charge < -0.3 is 19.1 Å². The molecule has 0 fully saturated rings. The topological polar surface area (TPSA) is 33.5 Å². The van der Waals surface area contributed by atoms with Crippen molar-refractivity contribution < 1.29 is 25.8 Å². The van der Waals surface area contributed by atoms with E-state index in [1.165, 1.54) is 44.5 Å². The standard InChI is InChI=1S/C71H69N4O.Pt/c1-67(2,3)51-34-37-62-59(41-51)58-36-35-57(44-63(58)75(62)66-42-52(38-39-72-66)68(4,5)6)76-56-33-23-32-55(43-56)74-47-73(54-31-22-30-53(40-54)69(7,8)48-24-16-13-17-25-48)64-45-60(70(9,10)49-26-18-14-19-27-49)61(46-65(64)74)71(11,12)50-28-20-15-21-29-50;/h13-42,45-47H,1-12H3;/q-3;. The Morgan fingerprint density at radius 2 is 0.961 bits per heavy atom. The third-order valence-electron chi connectivity index (χ3n) is 16.1. The van der Waals surface area contributed by atoms with Gasteiger partial charge in [-0.3, -0.25) is 0 Å². The van der Waals surface area contributed by atoms with Gasteiger partial charge in [0.2, 0.25) is 0 Å². The summed E-state index contributed by atoms with van der Waals surface area (Å²) in [4.78, 5) is 9.61. The number of pyridine rings is 1. The summed E-state index contributed by atoms with van der Waals surface area (Å²) in [5.41, 5.74) is 15.1. The van der Waals surface area contributed by atoms with Crippen molar-refractivity contribution >= 4 is 44.6 Å². The minimum atomic E-state index is -0.361. The second-order valence-corrected chi connectivity index (χ2v) is 24.3. The molecule has 0 unspecified atom stereocenters. The van der Waals surface area contributed by atoms with Crippen molar-refractivity contribution in [3.63, 3.8) is 0 Å². The van der Waals surface area contributed by atoms with Crippen LogP contribution in [0.15, 0.2) is 194 Å². The van der Waals surface area contributed by atoms with Crippen LogP contribution in [0.4, 0.5) is 22.7 Å². The first kappa shape index (κ1) is 53.2. The van der Waals surface area contributed by atoms with Gasteiger partial charge in [-0.15, -0.1) is 48.1 Å². The van der Waals surface area contributed by atoms with Crippen molar-refractivity contribution in [1.82, 2.24) is 9.55 Å². The Kier molecular flexibility index (Phi) is 13.8. The van der Waals surface area contributed by atoms with E-state index in [0.717, 1.165) is 50.4 Å². The zero-order valence-corrected chi connectivity index (χ0v) is 48.8. The van der Waals surface area contributed by atoms with Gasteiger partial charge in [0, 0.05) is 77.6 Å². The second kappa shape index (κ2) is 20.0. The van der Waals surface area contributed by atoms with Crippen LogP contribution < -0.4 is 14.5 Å². The van der Waals surface area contributed by atoms with E-state index in [9.17, 15) is 0 Å². The third kappa shape index (κ3) is 9.82. The molecule has 3 heterocycles. The van der Waals surface area contributed by atoms with E-state index in [1.807, 2.05) is 18.3 Å². The molecule has 0 spiro atoms. The van der Waals surface area contributed by atoms with Crippen molar-refractivity contribution in [1.29, 1.82) is 0 Å². The summed E-state index contributed by atoms with van der Waals surface area (Å²) in [7, 11) is 0. The second-order valence-electron chi connectivity index (χ2n) is 24.3. The Labute approximate surface area is 471 Å². The third-order valence-corrected chi connectivity index (χ3v) is 16.1. The van der Waals surface area contributed by atoms with E-state index in [1.54, 1.807) is 0 Å². The molecule has 77 heavy (non-hydrogen) atoms. The van der Waals surface area contributed by atoms with Crippen molar-refractivity contribution in [2.45, 2.75) is 110 Å². The van der Waals surface area contributed by atoms with Crippen LogP contribution in [0.1, 0.15) is 128 Å². The van der Waals surface area contributed by atoms with Crippen molar-refractivity contribution in [2.75, 3.05) is 9.80 Å².